The number of aliphatic hydroxyl groups excluding tert-OH is 1. The highest BCUT2D eigenvalue weighted by molar-refractivity contribution is 6.31. The van der Waals surface area contributed by atoms with E-state index in [0.29, 0.717) is 12.8 Å². The molecule has 2 unspecified atom stereocenters. The topological polar surface area (TPSA) is 29.5 Å². The van der Waals surface area contributed by atoms with Gasteiger partial charge in [-0.25, -0.2) is 0 Å². The summed E-state index contributed by atoms with van der Waals surface area (Å²) in [5, 5.41) is 10.9. The number of rotatable bonds is 4. The van der Waals surface area contributed by atoms with Crippen LogP contribution in [0.2, 0.25) is 5.02 Å². The van der Waals surface area contributed by atoms with Gasteiger partial charge < -0.3 is 9.84 Å². The molecule has 0 bridgehead atoms. The van der Waals surface area contributed by atoms with E-state index in [2.05, 4.69) is 0 Å². The summed E-state index contributed by atoms with van der Waals surface area (Å²) in [5.41, 5.74) is 2.17. The van der Waals surface area contributed by atoms with Crippen molar-refractivity contribution in [2.75, 3.05) is 6.61 Å². The zero-order valence-corrected chi connectivity index (χ0v) is 11.6. The highest BCUT2D eigenvalue weighted by Gasteiger charge is 2.18. The number of aryl methyl sites for hydroxylation is 1. The van der Waals surface area contributed by atoms with Crippen LogP contribution in [-0.2, 0) is 11.2 Å². The fraction of sp³-hybridized carbons (Fsp3) is 0.600. The maximum Gasteiger partial charge on any atom is 0.0605 e. The molecule has 2 rings (SSSR count). The zero-order valence-electron chi connectivity index (χ0n) is 10.9. The Balaban J connectivity index is 1.87. The summed E-state index contributed by atoms with van der Waals surface area (Å²) < 4.78 is 5.64. The van der Waals surface area contributed by atoms with Gasteiger partial charge in [0, 0.05) is 11.6 Å². The van der Waals surface area contributed by atoms with E-state index in [1.165, 1.54) is 6.42 Å². The number of aliphatic hydroxyl groups is 1. The molecule has 1 aromatic rings. The minimum Gasteiger partial charge on any atom is -0.393 e. The molecule has 0 spiro atoms. The highest BCUT2D eigenvalue weighted by atomic mass is 35.5. The largest absolute Gasteiger partial charge is 0.393 e. The van der Waals surface area contributed by atoms with Gasteiger partial charge in [0.25, 0.3) is 0 Å². The minimum absolute atomic E-state index is 0.220. The molecular formula is C15H21ClO2. The zero-order chi connectivity index (χ0) is 13.0. The molecule has 100 valence electrons. The lowest BCUT2D eigenvalue weighted by Crippen LogP contribution is -2.25. The van der Waals surface area contributed by atoms with Crippen LogP contribution < -0.4 is 0 Å². The molecule has 2 atom stereocenters. The molecule has 0 saturated carbocycles. The fourth-order valence-corrected chi connectivity index (χ4v) is 2.76. The first-order valence-electron chi connectivity index (χ1n) is 6.70. The average Bonchev–Trinajstić information content (AvgIpc) is 2.34. The van der Waals surface area contributed by atoms with Crippen molar-refractivity contribution in [3.8, 4) is 0 Å². The van der Waals surface area contributed by atoms with Gasteiger partial charge in [0.2, 0.25) is 0 Å². The van der Waals surface area contributed by atoms with E-state index in [1.807, 2.05) is 25.1 Å². The second kappa shape index (κ2) is 6.55. The Hall–Kier alpha value is -0.570. The van der Waals surface area contributed by atoms with Crippen molar-refractivity contribution in [2.24, 2.45) is 0 Å². The standard InChI is InChI=1S/C15H21ClO2/c1-11-5-6-12(15(16)8-11)9-13(17)10-14-4-2-3-7-18-14/h5-6,8,13-14,17H,2-4,7,9-10H2,1H3. The van der Waals surface area contributed by atoms with Crippen LogP contribution in [-0.4, -0.2) is 23.9 Å². The van der Waals surface area contributed by atoms with Gasteiger partial charge in [-0.3, -0.25) is 0 Å². The van der Waals surface area contributed by atoms with E-state index in [1.54, 1.807) is 0 Å². The van der Waals surface area contributed by atoms with E-state index in [9.17, 15) is 5.11 Å². The van der Waals surface area contributed by atoms with Gasteiger partial charge in [0.1, 0.15) is 0 Å². The van der Waals surface area contributed by atoms with Crippen LogP contribution in [0.4, 0.5) is 0 Å². The van der Waals surface area contributed by atoms with Crippen molar-refractivity contribution in [3.63, 3.8) is 0 Å². The quantitative estimate of drug-likeness (QED) is 0.906. The van der Waals surface area contributed by atoms with Crippen LogP contribution in [0.15, 0.2) is 18.2 Å². The molecule has 2 nitrogen and oxygen atoms in total. The molecule has 1 N–H and O–H groups in total. The Bertz CT molecular complexity index is 386. The molecule has 1 aliphatic rings. The van der Waals surface area contributed by atoms with Crippen LogP contribution >= 0.6 is 11.6 Å². The molecule has 1 aliphatic heterocycles. The normalized spacial score (nSPS) is 21.8. The molecule has 0 aromatic heterocycles. The summed E-state index contributed by atoms with van der Waals surface area (Å²) in [4.78, 5) is 0. The van der Waals surface area contributed by atoms with Gasteiger partial charge in [0.05, 0.1) is 12.2 Å². The van der Waals surface area contributed by atoms with Gasteiger partial charge in [-0.1, -0.05) is 23.7 Å². The van der Waals surface area contributed by atoms with Gasteiger partial charge in [-0.15, -0.1) is 0 Å². The summed E-state index contributed by atoms with van der Waals surface area (Å²) in [6, 6.07) is 5.98. The van der Waals surface area contributed by atoms with E-state index >= 15 is 0 Å². The predicted octanol–water partition coefficient (Wildman–Crippen LogP) is 3.51. The Morgan fingerprint density at radius 2 is 2.28 bits per heavy atom. The first-order valence-corrected chi connectivity index (χ1v) is 7.07. The van der Waals surface area contributed by atoms with Gasteiger partial charge in [0.15, 0.2) is 0 Å². The van der Waals surface area contributed by atoms with Crippen molar-refractivity contribution in [1.29, 1.82) is 0 Å². The summed E-state index contributed by atoms with van der Waals surface area (Å²) >= 11 is 6.17. The first-order chi connectivity index (χ1) is 8.65. The average molecular weight is 269 g/mol. The smallest absolute Gasteiger partial charge is 0.0605 e. The predicted molar refractivity (Wildman–Crippen MR) is 74.1 cm³/mol. The molecule has 1 fully saturated rings. The Kier molecular flexibility index (Phi) is 5.04. The number of hydrogen-bond acceptors (Lipinski definition) is 2. The van der Waals surface area contributed by atoms with Crippen LogP contribution in [0.3, 0.4) is 0 Å². The van der Waals surface area contributed by atoms with Gasteiger partial charge in [-0.05, 0) is 56.2 Å². The molecule has 1 saturated heterocycles. The number of hydrogen-bond donors (Lipinski definition) is 1. The molecule has 0 radical (unpaired) electrons. The maximum atomic E-state index is 10.1. The Morgan fingerprint density at radius 3 is 2.94 bits per heavy atom. The second-order valence-corrected chi connectivity index (χ2v) is 5.58. The monoisotopic (exact) mass is 268 g/mol. The number of benzene rings is 1. The Morgan fingerprint density at radius 1 is 1.44 bits per heavy atom. The molecular weight excluding hydrogens is 248 g/mol. The molecule has 0 amide bonds. The van der Waals surface area contributed by atoms with Crippen LogP contribution in [0, 0.1) is 6.92 Å². The number of ether oxygens (including phenoxy) is 1. The maximum absolute atomic E-state index is 10.1. The van der Waals surface area contributed by atoms with Crippen molar-refractivity contribution in [2.45, 2.75) is 51.2 Å². The van der Waals surface area contributed by atoms with Crippen molar-refractivity contribution in [3.05, 3.63) is 34.3 Å². The van der Waals surface area contributed by atoms with Crippen molar-refractivity contribution >= 4 is 11.6 Å². The first kappa shape index (κ1) is 13.9. The fourth-order valence-electron chi connectivity index (χ4n) is 2.45. The molecule has 1 aromatic carbocycles. The van der Waals surface area contributed by atoms with Crippen LogP contribution in [0.5, 0.6) is 0 Å². The van der Waals surface area contributed by atoms with Gasteiger partial charge in [-0.2, -0.15) is 0 Å². The van der Waals surface area contributed by atoms with E-state index in [0.717, 1.165) is 35.6 Å². The second-order valence-electron chi connectivity index (χ2n) is 5.18. The summed E-state index contributed by atoms with van der Waals surface area (Å²) in [7, 11) is 0. The molecule has 0 aliphatic carbocycles. The van der Waals surface area contributed by atoms with E-state index in [-0.39, 0.29) is 12.2 Å². The lowest BCUT2D eigenvalue weighted by Gasteiger charge is -2.24. The molecule has 1 heterocycles. The third-order valence-corrected chi connectivity index (χ3v) is 3.82. The minimum atomic E-state index is -0.367. The lowest BCUT2D eigenvalue weighted by molar-refractivity contribution is -0.0147. The summed E-state index contributed by atoms with van der Waals surface area (Å²) in [6.07, 6.45) is 4.60. The third-order valence-electron chi connectivity index (χ3n) is 3.47. The number of halogens is 1. The van der Waals surface area contributed by atoms with Crippen molar-refractivity contribution < 1.29 is 9.84 Å². The summed E-state index contributed by atoms with van der Waals surface area (Å²) in [6.45, 7) is 2.85. The van der Waals surface area contributed by atoms with Gasteiger partial charge >= 0.3 is 0 Å². The van der Waals surface area contributed by atoms with E-state index < -0.39 is 0 Å². The Labute approximate surface area is 114 Å². The molecule has 18 heavy (non-hydrogen) atoms. The highest BCUT2D eigenvalue weighted by Crippen LogP contribution is 2.22. The van der Waals surface area contributed by atoms with Crippen molar-refractivity contribution in [1.82, 2.24) is 0 Å². The molecule has 3 heteroatoms. The summed E-state index contributed by atoms with van der Waals surface area (Å²) in [5.74, 6) is 0. The SMILES string of the molecule is Cc1ccc(CC(O)CC2CCCCO2)c(Cl)c1. The van der Waals surface area contributed by atoms with E-state index in [4.69, 9.17) is 16.3 Å². The van der Waals surface area contributed by atoms with Crippen LogP contribution in [0.25, 0.3) is 0 Å². The third kappa shape index (κ3) is 3.98. The lowest BCUT2D eigenvalue weighted by atomic mass is 9.98. The van der Waals surface area contributed by atoms with Crippen LogP contribution in [0.1, 0.15) is 36.8 Å².